The molecule has 1 aromatic heterocycles. The molecule has 0 aliphatic carbocycles. The Labute approximate surface area is 127 Å². The molecule has 0 fully saturated rings. The minimum Gasteiger partial charge on any atom is -0.497 e. The van der Waals surface area contributed by atoms with Crippen LogP contribution in [0, 0.1) is 5.82 Å². The lowest BCUT2D eigenvalue weighted by Gasteiger charge is -2.11. The maximum Gasteiger partial charge on any atom is 0.191 e. The van der Waals surface area contributed by atoms with Gasteiger partial charge in [-0.2, -0.15) is 0 Å². The van der Waals surface area contributed by atoms with E-state index in [1.54, 1.807) is 18.2 Å². The van der Waals surface area contributed by atoms with Crippen LogP contribution in [0.25, 0.3) is 0 Å². The molecule has 0 aliphatic heterocycles. The van der Waals surface area contributed by atoms with E-state index in [1.807, 2.05) is 13.2 Å². The van der Waals surface area contributed by atoms with E-state index < -0.39 is 0 Å². The van der Waals surface area contributed by atoms with Crippen molar-refractivity contribution in [1.29, 1.82) is 0 Å². The van der Waals surface area contributed by atoms with Gasteiger partial charge in [0.05, 0.1) is 12.8 Å². The third kappa shape index (κ3) is 3.98. The maximum atomic E-state index is 13.8. The number of nitrogens with zero attached hydrogens (tertiary/aromatic N) is 2. The van der Waals surface area contributed by atoms with E-state index in [4.69, 9.17) is 4.74 Å². The minimum atomic E-state index is -0.370. The van der Waals surface area contributed by atoms with Crippen molar-refractivity contribution >= 4 is 29.1 Å². The highest BCUT2D eigenvalue weighted by Gasteiger charge is 2.08. The highest BCUT2D eigenvalue weighted by Crippen LogP contribution is 2.26. The van der Waals surface area contributed by atoms with Crippen molar-refractivity contribution in [1.82, 2.24) is 9.97 Å². The lowest BCUT2D eigenvalue weighted by Crippen LogP contribution is -2.04. The molecule has 2 rings (SSSR count). The molecule has 7 heteroatoms. The number of methoxy groups -OCH3 is 1. The number of hydrogen-bond donors (Lipinski definition) is 2. The van der Waals surface area contributed by atoms with Crippen LogP contribution in [0.4, 0.5) is 21.7 Å². The number of hydrogen-bond acceptors (Lipinski definition) is 6. The molecule has 0 aliphatic rings. The molecule has 0 amide bonds. The number of rotatable bonds is 6. The van der Waals surface area contributed by atoms with Gasteiger partial charge in [0.2, 0.25) is 0 Å². The molecule has 1 aromatic carbocycles. The zero-order valence-electron chi connectivity index (χ0n) is 12.1. The van der Waals surface area contributed by atoms with E-state index >= 15 is 0 Å². The molecule has 0 radical (unpaired) electrons. The minimum absolute atomic E-state index is 0.308. The van der Waals surface area contributed by atoms with Crippen LogP contribution in [-0.2, 0) is 0 Å². The number of aromatic nitrogens is 2. The highest BCUT2D eigenvalue weighted by atomic mass is 32.2. The third-order valence-corrected chi connectivity index (χ3v) is 3.23. The number of thioether (sulfide) groups is 1. The van der Waals surface area contributed by atoms with Crippen molar-refractivity contribution in [3.63, 3.8) is 0 Å². The van der Waals surface area contributed by atoms with Crippen LogP contribution in [0.3, 0.4) is 0 Å². The standard InChI is InChI=1S/C14H17FN4OS/c1-4-16-12-8-13(19-14(18-12)21-3)17-11-7-9(20-2)5-6-10(11)15/h5-8H,4H2,1-3H3,(H2,16,17,18,19). The predicted molar refractivity (Wildman–Crippen MR) is 84.2 cm³/mol. The number of benzene rings is 1. The second-order valence-corrected chi connectivity index (χ2v) is 4.90. The molecule has 21 heavy (non-hydrogen) atoms. The van der Waals surface area contributed by atoms with Gasteiger partial charge < -0.3 is 15.4 Å². The van der Waals surface area contributed by atoms with Gasteiger partial charge in [0, 0.05) is 18.7 Å². The summed E-state index contributed by atoms with van der Waals surface area (Å²) in [5.41, 5.74) is 0.308. The fourth-order valence-corrected chi connectivity index (χ4v) is 2.10. The molecule has 0 spiro atoms. The van der Waals surface area contributed by atoms with E-state index in [1.165, 1.54) is 24.9 Å². The van der Waals surface area contributed by atoms with E-state index in [9.17, 15) is 4.39 Å². The van der Waals surface area contributed by atoms with Gasteiger partial charge in [-0.25, -0.2) is 14.4 Å². The van der Waals surface area contributed by atoms with E-state index in [-0.39, 0.29) is 5.82 Å². The first-order valence-corrected chi connectivity index (χ1v) is 7.66. The van der Waals surface area contributed by atoms with Crippen molar-refractivity contribution in [2.45, 2.75) is 12.1 Å². The predicted octanol–water partition coefficient (Wildman–Crippen LogP) is 3.52. The van der Waals surface area contributed by atoms with Crippen molar-refractivity contribution < 1.29 is 9.13 Å². The molecule has 2 N–H and O–H groups in total. The molecule has 5 nitrogen and oxygen atoms in total. The van der Waals surface area contributed by atoms with Crippen molar-refractivity contribution in [3.8, 4) is 5.75 Å². The zero-order valence-corrected chi connectivity index (χ0v) is 12.9. The van der Waals surface area contributed by atoms with Crippen LogP contribution in [0.1, 0.15) is 6.92 Å². The maximum absolute atomic E-state index is 13.8. The largest absolute Gasteiger partial charge is 0.497 e. The molecular formula is C14H17FN4OS. The average Bonchev–Trinajstić information content (AvgIpc) is 2.49. The van der Waals surface area contributed by atoms with Crippen molar-refractivity contribution in [2.75, 3.05) is 30.5 Å². The molecule has 0 saturated heterocycles. The van der Waals surface area contributed by atoms with Crippen LogP contribution < -0.4 is 15.4 Å². The van der Waals surface area contributed by atoms with Gasteiger partial charge in [0.1, 0.15) is 23.2 Å². The van der Waals surface area contributed by atoms with Crippen LogP contribution in [0.2, 0.25) is 0 Å². The molecule has 0 saturated carbocycles. The number of nitrogens with one attached hydrogen (secondary N) is 2. The molecule has 0 atom stereocenters. The first kappa shape index (κ1) is 15.4. The summed E-state index contributed by atoms with van der Waals surface area (Å²) in [5, 5.41) is 6.69. The topological polar surface area (TPSA) is 59.1 Å². The zero-order chi connectivity index (χ0) is 15.2. The fourth-order valence-electron chi connectivity index (χ4n) is 1.72. The molecule has 112 valence electrons. The normalized spacial score (nSPS) is 10.3. The first-order valence-electron chi connectivity index (χ1n) is 6.43. The molecule has 0 unspecified atom stereocenters. The van der Waals surface area contributed by atoms with Crippen LogP contribution in [0.5, 0.6) is 5.75 Å². The Hall–Kier alpha value is -2.02. The van der Waals surface area contributed by atoms with Gasteiger partial charge in [-0.3, -0.25) is 0 Å². The van der Waals surface area contributed by atoms with Crippen molar-refractivity contribution in [3.05, 3.63) is 30.1 Å². The van der Waals surface area contributed by atoms with Gasteiger partial charge in [-0.15, -0.1) is 0 Å². The third-order valence-electron chi connectivity index (χ3n) is 2.68. The average molecular weight is 308 g/mol. The Morgan fingerprint density at radius 1 is 1.24 bits per heavy atom. The van der Waals surface area contributed by atoms with Crippen LogP contribution >= 0.6 is 11.8 Å². The monoisotopic (exact) mass is 308 g/mol. The second-order valence-electron chi connectivity index (χ2n) is 4.13. The van der Waals surface area contributed by atoms with Crippen molar-refractivity contribution in [2.24, 2.45) is 0 Å². The first-order chi connectivity index (χ1) is 10.2. The summed E-state index contributed by atoms with van der Waals surface area (Å²) in [6.07, 6.45) is 1.89. The molecule has 2 aromatic rings. The number of halogens is 1. The SMILES string of the molecule is CCNc1cc(Nc2cc(OC)ccc2F)nc(SC)n1. The van der Waals surface area contributed by atoms with Crippen LogP contribution in [0.15, 0.2) is 29.4 Å². The lowest BCUT2D eigenvalue weighted by atomic mass is 10.3. The molecular weight excluding hydrogens is 291 g/mol. The lowest BCUT2D eigenvalue weighted by molar-refractivity contribution is 0.414. The second kappa shape index (κ2) is 7.12. The summed E-state index contributed by atoms with van der Waals surface area (Å²) >= 11 is 1.42. The van der Waals surface area contributed by atoms with Gasteiger partial charge in [-0.05, 0) is 25.3 Å². The Bertz CT molecular complexity index is 624. The van der Waals surface area contributed by atoms with Gasteiger partial charge in [-0.1, -0.05) is 11.8 Å². The number of ether oxygens (including phenoxy) is 1. The smallest absolute Gasteiger partial charge is 0.191 e. The fraction of sp³-hybridized carbons (Fsp3) is 0.286. The van der Waals surface area contributed by atoms with E-state index in [0.717, 1.165) is 6.54 Å². The summed E-state index contributed by atoms with van der Waals surface area (Å²) in [5.74, 6) is 1.43. The Morgan fingerprint density at radius 3 is 2.67 bits per heavy atom. The Kier molecular flexibility index (Phi) is 5.21. The van der Waals surface area contributed by atoms with E-state index in [0.29, 0.717) is 28.2 Å². The summed E-state index contributed by atoms with van der Waals surface area (Å²) in [7, 11) is 1.54. The van der Waals surface area contributed by atoms with Gasteiger partial charge >= 0.3 is 0 Å². The summed E-state index contributed by atoms with van der Waals surface area (Å²) in [6, 6.07) is 6.24. The van der Waals surface area contributed by atoms with Gasteiger partial charge in [0.15, 0.2) is 5.16 Å². The summed E-state index contributed by atoms with van der Waals surface area (Å²) in [4.78, 5) is 8.64. The number of anilines is 3. The van der Waals surface area contributed by atoms with Gasteiger partial charge in [0.25, 0.3) is 0 Å². The van der Waals surface area contributed by atoms with Crippen LogP contribution in [-0.4, -0.2) is 29.9 Å². The molecule has 0 bridgehead atoms. The quantitative estimate of drug-likeness (QED) is 0.629. The highest BCUT2D eigenvalue weighted by molar-refractivity contribution is 7.98. The summed E-state index contributed by atoms with van der Waals surface area (Å²) in [6.45, 7) is 2.73. The molecule has 1 heterocycles. The summed E-state index contributed by atoms with van der Waals surface area (Å²) < 4.78 is 18.9. The Balaban J connectivity index is 2.32. The Morgan fingerprint density at radius 2 is 2.00 bits per heavy atom. The van der Waals surface area contributed by atoms with E-state index in [2.05, 4.69) is 20.6 Å².